The molecule has 3 heteroatoms. The van der Waals surface area contributed by atoms with Crippen LogP contribution in [0.4, 0.5) is 0 Å². The second-order valence-corrected chi connectivity index (χ2v) is 4.29. The molecule has 0 aliphatic rings. The van der Waals surface area contributed by atoms with Crippen molar-refractivity contribution in [3.05, 3.63) is 16.1 Å². The van der Waals surface area contributed by atoms with Gasteiger partial charge in [0, 0.05) is 17.7 Å². The fourth-order valence-electron chi connectivity index (χ4n) is 1.66. The predicted octanol–water partition coefficient (Wildman–Crippen LogP) is 3.50. The Kier molecular flexibility index (Phi) is 4.08. The molecule has 1 aromatic heterocycles. The number of nitrogens with zero attached hydrogens (tertiary/aromatic N) is 1. The SMILES string of the molecule is CCOC(CC)(CC)c1nc(C)cs1. The van der Waals surface area contributed by atoms with E-state index in [9.17, 15) is 0 Å². The summed E-state index contributed by atoms with van der Waals surface area (Å²) in [6, 6.07) is 0. The zero-order chi connectivity index (χ0) is 10.6. The van der Waals surface area contributed by atoms with Gasteiger partial charge in [-0.2, -0.15) is 0 Å². The standard InChI is InChI=1S/C11H19NOS/c1-5-11(6-2,13-7-3)10-12-9(4)8-14-10/h8H,5-7H2,1-4H3. The molecule has 0 N–H and O–H groups in total. The first-order valence-corrected chi connectivity index (χ1v) is 6.13. The molecule has 0 fully saturated rings. The van der Waals surface area contributed by atoms with E-state index < -0.39 is 0 Å². The largest absolute Gasteiger partial charge is 0.368 e. The molecule has 1 aromatic rings. The lowest BCUT2D eigenvalue weighted by Crippen LogP contribution is -2.28. The van der Waals surface area contributed by atoms with E-state index >= 15 is 0 Å². The van der Waals surface area contributed by atoms with Gasteiger partial charge in [-0.1, -0.05) is 13.8 Å². The van der Waals surface area contributed by atoms with Crippen LogP contribution in [0.2, 0.25) is 0 Å². The van der Waals surface area contributed by atoms with E-state index in [1.54, 1.807) is 11.3 Å². The van der Waals surface area contributed by atoms with Gasteiger partial charge < -0.3 is 4.74 Å². The normalized spacial score (nSPS) is 12.0. The van der Waals surface area contributed by atoms with Crippen LogP contribution >= 0.6 is 11.3 Å². The Morgan fingerprint density at radius 2 is 2.00 bits per heavy atom. The van der Waals surface area contributed by atoms with Crippen molar-refractivity contribution in [1.29, 1.82) is 0 Å². The number of aryl methyl sites for hydroxylation is 1. The minimum absolute atomic E-state index is 0.145. The van der Waals surface area contributed by atoms with Crippen LogP contribution in [0.5, 0.6) is 0 Å². The molecule has 0 aliphatic heterocycles. The minimum atomic E-state index is -0.145. The summed E-state index contributed by atoms with van der Waals surface area (Å²) in [4.78, 5) is 4.54. The van der Waals surface area contributed by atoms with Crippen LogP contribution in [0.15, 0.2) is 5.38 Å². The maximum absolute atomic E-state index is 5.88. The van der Waals surface area contributed by atoms with Gasteiger partial charge in [-0.05, 0) is 26.7 Å². The molecule has 2 nitrogen and oxygen atoms in total. The average Bonchev–Trinajstić information content (AvgIpc) is 2.62. The van der Waals surface area contributed by atoms with E-state index in [4.69, 9.17) is 4.74 Å². The van der Waals surface area contributed by atoms with E-state index in [0.717, 1.165) is 30.2 Å². The molecule has 0 saturated heterocycles. The molecule has 1 rings (SSSR count). The highest BCUT2D eigenvalue weighted by molar-refractivity contribution is 7.09. The van der Waals surface area contributed by atoms with Crippen molar-refractivity contribution in [1.82, 2.24) is 4.98 Å². The van der Waals surface area contributed by atoms with E-state index in [2.05, 4.69) is 24.2 Å². The summed E-state index contributed by atoms with van der Waals surface area (Å²) in [6.45, 7) is 9.15. The molecule has 0 aliphatic carbocycles. The van der Waals surface area contributed by atoms with Crippen LogP contribution in [-0.2, 0) is 10.3 Å². The number of thiazole rings is 1. The first-order chi connectivity index (χ1) is 6.68. The molecule has 0 aromatic carbocycles. The van der Waals surface area contributed by atoms with Crippen molar-refractivity contribution in [3.8, 4) is 0 Å². The molecule has 0 unspecified atom stereocenters. The average molecular weight is 213 g/mol. The molecule has 14 heavy (non-hydrogen) atoms. The van der Waals surface area contributed by atoms with Crippen LogP contribution in [0.1, 0.15) is 44.3 Å². The van der Waals surface area contributed by atoms with Crippen molar-refractivity contribution < 1.29 is 4.74 Å². The zero-order valence-electron chi connectivity index (χ0n) is 9.46. The molecule has 0 bridgehead atoms. The van der Waals surface area contributed by atoms with E-state index in [0.29, 0.717) is 0 Å². The third-order valence-electron chi connectivity index (χ3n) is 2.57. The lowest BCUT2D eigenvalue weighted by molar-refractivity contribution is -0.0507. The van der Waals surface area contributed by atoms with E-state index in [-0.39, 0.29) is 5.60 Å². The highest BCUT2D eigenvalue weighted by atomic mass is 32.1. The monoisotopic (exact) mass is 213 g/mol. The van der Waals surface area contributed by atoms with Crippen molar-refractivity contribution >= 4 is 11.3 Å². The summed E-state index contributed by atoms with van der Waals surface area (Å²) in [5, 5.41) is 3.22. The Morgan fingerprint density at radius 1 is 1.36 bits per heavy atom. The van der Waals surface area contributed by atoms with Gasteiger partial charge in [-0.3, -0.25) is 0 Å². The van der Waals surface area contributed by atoms with Gasteiger partial charge in [0.05, 0.1) is 0 Å². The Hall–Kier alpha value is -0.410. The molecular weight excluding hydrogens is 194 g/mol. The van der Waals surface area contributed by atoms with Gasteiger partial charge in [0.25, 0.3) is 0 Å². The summed E-state index contributed by atoms with van der Waals surface area (Å²) < 4.78 is 5.88. The Bertz CT molecular complexity index is 279. The van der Waals surface area contributed by atoms with E-state index in [1.165, 1.54) is 0 Å². The second kappa shape index (κ2) is 4.89. The molecular formula is C11H19NOS. The maximum Gasteiger partial charge on any atom is 0.125 e. The summed E-state index contributed by atoms with van der Waals surface area (Å²) in [5.74, 6) is 0. The predicted molar refractivity (Wildman–Crippen MR) is 60.7 cm³/mol. The molecule has 0 atom stereocenters. The smallest absolute Gasteiger partial charge is 0.125 e. The minimum Gasteiger partial charge on any atom is -0.368 e. The lowest BCUT2D eigenvalue weighted by Gasteiger charge is -2.29. The number of aromatic nitrogens is 1. The maximum atomic E-state index is 5.88. The number of hydrogen-bond acceptors (Lipinski definition) is 3. The Balaban J connectivity index is 2.97. The molecule has 0 radical (unpaired) electrons. The van der Waals surface area contributed by atoms with E-state index in [1.807, 2.05) is 13.8 Å². The van der Waals surface area contributed by atoms with Gasteiger partial charge >= 0.3 is 0 Å². The fraction of sp³-hybridized carbons (Fsp3) is 0.727. The number of rotatable bonds is 5. The van der Waals surface area contributed by atoms with Crippen molar-refractivity contribution in [2.24, 2.45) is 0 Å². The summed E-state index contributed by atoms with van der Waals surface area (Å²) in [5.41, 5.74) is 0.948. The number of ether oxygens (including phenoxy) is 1. The van der Waals surface area contributed by atoms with Gasteiger partial charge in [0.1, 0.15) is 10.6 Å². The van der Waals surface area contributed by atoms with Crippen LogP contribution in [0.25, 0.3) is 0 Å². The van der Waals surface area contributed by atoms with Gasteiger partial charge in [-0.15, -0.1) is 11.3 Å². The quantitative estimate of drug-likeness (QED) is 0.746. The second-order valence-electron chi connectivity index (χ2n) is 3.43. The summed E-state index contributed by atoms with van der Waals surface area (Å²) in [6.07, 6.45) is 1.98. The van der Waals surface area contributed by atoms with Gasteiger partial charge in [-0.25, -0.2) is 4.98 Å². The topological polar surface area (TPSA) is 22.1 Å². The first kappa shape index (κ1) is 11.7. The van der Waals surface area contributed by atoms with Gasteiger partial charge in [0.2, 0.25) is 0 Å². The molecule has 0 amide bonds. The highest BCUT2D eigenvalue weighted by Crippen LogP contribution is 2.34. The number of hydrogen-bond donors (Lipinski definition) is 0. The Morgan fingerprint density at radius 3 is 2.36 bits per heavy atom. The first-order valence-electron chi connectivity index (χ1n) is 5.25. The van der Waals surface area contributed by atoms with Crippen molar-refractivity contribution in [2.75, 3.05) is 6.61 Å². The molecule has 0 saturated carbocycles. The van der Waals surface area contributed by atoms with Crippen LogP contribution in [0, 0.1) is 6.92 Å². The highest BCUT2D eigenvalue weighted by Gasteiger charge is 2.31. The van der Waals surface area contributed by atoms with Crippen molar-refractivity contribution in [3.63, 3.8) is 0 Å². The van der Waals surface area contributed by atoms with Crippen LogP contribution in [-0.4, -0.2) is 11.6 Å². The van der Waals surface area contributed by atoms with Gasteiger partial charge in [0.15, 0.2) is 0 Å². The molecule has 80 valence electrons. The van der Waals surface area contributed by atoms with Crippen molar-refractivity contribution in [2.45, 2.75) is 46.1 Å². The Labute approximate surface area is 90.3 Å². The molecule has 1 heterocycles. The summed E-state index contributed by atoms with van der Waals surface area (Å²) >= 11 is 1.71. The van der Waals surface area contributed by atoms with Crippen LogP contribution in [0.3, 0.4) is 0 Å². The summed E-state index contributed by atoms with van der Waals surface area (Å²) in [7, 11) is 0. The molecule has 0 spiro atoms. The fourth-order valence-corrected chi connectivity index (χ4v) is 2.75. The lowest BCUT2D eigenvalue weighted by atomic mass is 9.98. The van der Waals surface area contributed by atoms with Crippen LogP contribution < -0.4 is 0 Å². The third kappa shape index (κ3) is 2.15. The zero-order valence-corrected chi connectivity index (χ0v) is 10.3. The third-order valence-corrected chi connectivity index (χ3v) is 3.72.